The largest absolute Gasteiger partial charge is 0.350 e. The molecule has 0 radical (unpaired) electrons. The number of carbonyl (C=O) groups excluding carboxylic acids is 1. The predicted octanol–water partition coefficient (Wildman–Crippen LogP) is 4.09. The maximum absolute atomic E-state index is 12.2. The summed E-state index contributed by atoms with van der Waals surface area (Å²) in [4.78, 5) is 15.5. The molecule has 1 N–H and O–H groups in total. The topological polar surface area (TPSA) is 32.3 Å². The smallest absolute Gasteiger partial charge is 0.252 e. The van der Waals surface area contributed by atoms with Gasteiger partial charge in [0.2, 0.25) is 0 Å². The fourth-order valence-electron chi connectivity index (χ4n) is 1.98. The summed E-state index contributed by atoms with van der Waals surface area (Å²) in [6.07, 6.45) is 0. The van der Waals surface area contributed by atoms with Crippen molar-refractivity contribution in [3.63, 3.8) is 0 Å². The lowest BCUT2D eigenvalue weighted by Crippen LogP contribution is -2.34. The Balaban J connectivity index is 2.07. The van der Waals surface area contributed by atoms with Gasteiger partial charge in [0.1, 0.15) is 0 Å². The molecule has 1 aromatic carbocycles. The van der Waals surface area contributed by atoms with Crippen LogP contribution in [0, 0.1) is 0 Å². The van der Waals surface area contributed by atoms with Crippen molar-refractivity contribution in [3.8, 4) is 0 Å². The highest BCUT2D eigenvalue weighted by Gasteiger charge is 2.18. The zero-order valence-electron chi connectivity index (χ0n) is 11.8. The van der Waals surface area contributed by atoms with Gasteiger partial charge >= 0.3 is 0 Å². The summed E-state index contributed by atoms with van der Waals surface area (Å²) >= 11 is 13.7. The van der Waals surface area contributed by atoms with E-state index in [0.717, 1.165) is 0 Å². The second-order valence-electron chi connectivity index (χ2n) is 4.81. The van der Waals surface area contributed by atoms with E-state index in [2.05, 4.69) is 16.3 Å². The molecule has 0 saturated carbocycles. The number of amides is 1. The zero-order valence-corrected chi connectivity index (χ0v) is 14.1. The highest BCUT2D eigenvalue weighted by molar-refractivity contribution is 7.10. The molecule has 0 saturated heterocycles. The summed E-state index contributed by atoms with van der Waals surface area (Å²) in [5.74, 6) is -0.217. The number of hydrogen-bond donors (Lipinski definition) is 1. The van der Waals surface area contributed by atoms with Crippen molar-refractivity contribution in [2.45, 2.75) is 6.04 Å². The van der Waals surface area contributed by atoms with Crippen LogP contribution in [0.4, 0.5) is 0 Å². The van der Waals surface area contributed by atoms with E-state index in [1.807, 2.05) is 25.5 Å². The Morgan fingerprint density at radius 3 is 2.67 bits per heavy atom. The second kappa shape index (κ2) is 7.27. The van der Waals surface area contributed by atoms with Crippen molar-refractivity contribution in [1.82, 2.24) is 10.2 Å². The minimum Gasteiger partial charge on any atom is -0.350 e. The summed E-state index contributed by atoms with van der Waals surface area (Å²) in [5, 5.41) is 5.62. The van der Waals surface area contributed by atoms with Gasteiger partial charge < -0.3 is 10.2 Å². The molecule has 0 fully saturated rings. The minimum absolute atomic E-state index is 0.131. The number of hydrogen-bond acceptors (Lipinski definition) is 3. The Hall–Kier alpha value is -1.07. The van der Waals surface area contributed by atoms with Gasteiger partial charge in [0, 0.05) is 11.4 Å². The molecule has 0 bridgehead atoms. The first-order valence-electron chi connectivity index (χ1n) is 6.42. The van der Waals surface area contributed by atoms with Gasteiger partial charge in [-0.3, -0.25) is 4.79 Å². The molecule has 0 spiro atoms. The van der Waals surface area contributed by atoms with Crippen molar-refractivity contribution in [2.75, 3.05) is 20.6 Å². The molecule has 2 aromatic rings. The molecule has 6 heteroatoms. The molecule has 0 aliphatic rings. The van der Waals surface area contributed by atoms with Gasteiger partial charge in [-0.1, -0.05) is 35.3 Å². The van der Waals surface area contributed by atoms with Gasteiger partial charge in [-0.2, -0.15) is 0 Å². The summed E-state index contributed by atoms with van der Waals surface area (Å²) in [5.41, 5.74) is 0.396. The number of thiophene rings is 1. The van der Waals surface area contributed by atoms with Crippen molar-refractivity contribution < 1.29 is 4.79 Å². The van der Waals surface area contributed by atoms with Crippen molar-refractivity contribution in [2.24, 2.45) is 0 Å². The Morgan fingerprint density at radius 2 is 2.05 bits per heavy atom. The van der Waals surface area contributed by atoms with Crippen LogP contribution in [0.2, 0.25) is 10.0 Å². The van der Waals surface area contributed by atoms with E-state index in [1.165, 1.54) is 4.88 Å². The molecule has 1 amide bonds. The highest BCUT2D eigenvalue weighted by Crippen LogP contribution is 2.26. The molecule has 0 unspecified atom stereocenters. The number of halogens is 2. The Labute approximate surface area is 138 Å². The van der Waals surface area contributed by atoms with E-state index in [1.54, 1.807) is 29.5 Å². The molecule has 1 heterocycles. The molecular formula is C15H16Cl2N2OS. The van der Waals surface area contributed by atoms with Crippen LogP contribution in [-0.2, 0) is 0 Å². The lowest BCUT2D eigenvalue weighted by Gasteiger charge is -2.23. The van der Waals surface area contributed by atoms with E-state index < -0.39 is 0 Å². The maximum Gasteiger partial charge on any atom is 0.252 e. The number of benzene rings is 1. The monoisotopic (exact) mass is 342 g/mol. The van der Waals surface area contributed by atoms with E-state index in [4.69, 9.17) is 23.2 Å². The third kappa shape index (κ3) is 3.98. The number of nitrogens with one attached hydrogen (secondary N) is 1. The standard InChI is InChI=1S/C15H16Cl2N2OS/c1-19(2)12(13-7-4-8-21-13)9-18-15(20)10-5-3-6-11(16)14(10)17/h3-8,12H,9H2,1-2H3,(H,18,20)/t12-/m1/s1. The van der Waals surface area contributed by atoms with Gasteiger partial charge in [-0.15, -0.1) is 11.3 Å². The van der Waals surface area contributed by atoms with Gasteiger partial charge in [0.25, 0.3) is 5.91 Å². The molecule has 1 atom stereocenters. The number of rotatable bonds is 5. The average Bonchev–Trinajstić information content (AvgIpc) is 2.95. The fraction of sp³-hybridized carbons (Fsp3) is 0.267. The Morgan fingerprint density at radius 1 is 1.29 bits per heavy atom. The number of carbonyl (C=O) groups is 1. The third-order valence-electron chi connectivity index (χ3n) is 3.15. The van der Waals surface area contributed by atoms with Crippen LogP contribution in [0.25, 0.3) is 0 Å². The normalized spacial score (nSPS) is 12.4. The lowest BCUT2D eigenvalue weighted by atomic mass is 10.2. The van der Waals surface area contributed by atoms with Crippen molar-refractivity contribution >= 4 is 40.4 Å². The lowest BCUT2D eigenvalue weighted by molar-refractivity contribution is 0.0942. The van der Waals surface area contributed by atoms with Crippen LogP contribution in [0.1, 0.15) is 21.3 Å². The molecule has 2 rings (SSSR count). The van der Waals surface area contributed by atoms with Gasteiger partial charge in [-0.25, -0.2) is 0 Å². The predicted molar refractivity (Wildman–Crippen MR) is 89.5 cm³/mol. The van der Waals surface area contributed by atoms with Crippen LogP contribution in [0.15, 0.2) is 35.7 Å². The summed E-state index contributed by atoms with van der Waals surface area (Å²) in [7, 11) is 3.98. The maximum atomic E-state index is 12.2. The zero-order chi connectivity index (χ0) is 15.4. The van der Waals surface area contributed by atoms with Crippen LogP contribution < -0.4 is 5.32 Å². The van der Waals surface area contributed by atoms with E-state index in [9.17, 15) is 4.79 Å². The highest BCUT2D eigenvalue weighted by atomic mass is 35.5. The quantitative estimate of drug-likeness (QED) is 0.887. The summed E-state index contributed by atoms with van der Waals surface area (Å²) in [6, 6.07) is 9.24. The van der Waals surface area contributed by atoms with E-state index >= 15 is 0 Å². The van der Waals surface area contributed by atoms with E-state index in [0.29, 0.717) is 17.1 Å². The van der Waals surface area contributed by atoms with Gasteiger partial charge in [0.15, 0.2) is 0 Å². The fourth-order valence-corrected chi connectivity index (χ4v) is 3.29. The van der Waals surface area contributed by atoms with Gasteiger partial charge in [0.05, 0.1) is 21.7 Å². The van der Waals surface area contributed by atoms with Crippen molar-refractivity contribution in [1.29, 1.82) is 0 Å². The van der Waals surface area contributed by atoms with E-state index in [-0.39, 0.29) is 17.0 Å². The van der Waals surface area contributed by atoms with Crippen LogP contribution in [0.5, 0.6) is 0 Å². The molecule has 21 heavy (non-hydrogen) atoms. The molecule has 1 aromatic heterocycles. The number of likely N-dealkylation sites (N-methyl/N-ethyl adjacent to an activating group) is 1. The van der Waals surface area contributed by atoms with Crippen LogP contribution in [-0.4, -0.2) is 31.4 Å². The molecular weight excluding hydrogens is 327 g/mol. The first-order chi connectivity index (χ1) is 10.0. The SMILES string of the molecule is CN(C)[C@H](CNC(=O)c1cccc(Cl)c1Cl)c1cccs1. The molecule has 112 valence electrons. The third-order valence-corrected chi connectivity index (χ3v) is 4.94. The summed E-state index contributed by atoms with van der Waals surface area (Å²) < 4.78 is 0. The molecule has 0 aliphatic heterocycles. The minimum atomic E-state index is -0.217. The Kier molecular flexibility index (Phi) is 5.65. The van der Waals surface area contributed by atoms with Crippen molar-refractivity contribution in [3.05, 3.63) is 56.2 Å². The van der Waals surface area contributed by atoms with Crippen LogP contribution in [0.3, 0.4) is 0 Å². The van der Waals surface area contributed by atoms with Crippen LogP contribution >= 0.6 is 34.5 Å². The first-order valence-corrected chi connectivity index (χ1v) is 8.06. The van der Waals surface area contributed by atoms with Gasteiger partial charge in [-0.05, 0) is 37.7 Å². The average molecular weight is 343 g/mol. The molecule has 3 nitrogen and oxygen atoms in total. The summed E-state index contributed by atoms with van der Waals surface area (Å²) in [6.45, 7) is 0.509. The first kappa shape index (κ1) is 16.3. The second-order valence-corrected chi connectivity index (χ2v) is 6.57. The Bertz CT molecular complexity index is 614. The molecule has 0 aliphatic carbocycles. The number of nitrogens with zero attached hydrogens (tertiary/aromatic N) is 1.